The lowest BCUT2D eigenvalue weighted by Gasteiger charge is -2.12. The lowest BCUT2D eigenvalue weighted by molar-refractivity contribution is -0.120. The first-order valence-corrected chi connectivity index (χ1v) is 7.82. The van der Waals surface area contributed by atoms with Crippen LogP contribution in [0, 0.1) is 13.8 Å². The third-order valence-electron chi connectivity index (χ3n) is 3.26. The van der Waals surface area contributed by atoms with Crippen LogP contribution >= 0.6 is 0 Å². The second kappa shape index (κ2) is 10.6. The van der Waals surface area contributed by atoms with Crippen molar-refractivity contribution in [1.29, 1.82) is 0 Å². The van der Waals surface area contributed by atoms with Crippen molar-refractivity contribution in [3.05, 3.63) is 34.9 Å². The van der Waals surface area contributed by atoms with Crippen LogP contribution in [0.4, 0.5) is 0 Å². The van der Waals surface area contributed by atoms with Crippen LogP contribution in [0.5, 0.6) is 0 Å². The number of carbonyl (C=O) groups excluding carboxylic acids is 1. The molecule has 0 aliphatic carbocycles. The highest BCUT2D eigenvalue weighted by Gasteiger charge is 2.03. The number of guanidine groups is 1. The van der Waals surface area contributed by atoms with E-state index in [2.05, 4.69) is 53.0 Å². The topological polar surface area (TPSA) is 74.8 Å². The molecule has 1 aromatic rings. The number of aryl methyl sites for hydroxylation is 2. The highest BCUT2D eigenvalue weighted by atomic mass is 16.5. The number of benzene rings is 1. The van der Waals surface area contributed by atoms with E-state index in [-0.39, 0.29) is 12.5 Å². The summed E-state index contributed by atoms with van der Waals surface area (Å²) in [6.45, 7) is 6.17. The van der Waals surface area contributed by atoms with Gasteiger partial charge in [-0.3, -0.25) is 9.79 Å². The lowest BCUT2D eigenvalue weighted by Crippen LogP contribution is -2.44. The molecule has 0 aliphatic heterocycles. The first-order chi connectivity index (χ1) is 11.0. The molecule has 0 bridgehead atoms. The lowest BCUT2D eigenvalue weighted by atomic mass is 10.1. The standard InChI is InChI=1S/C17H28N4O2/c1-13-9-14(2)11-15(10-13)5-6-20-17(18-3)21-12-16(22)19-7-8-23-4/h9-11H,5-8,12H2,1-4H3,(H,19,22)(H2,18,20,21). The van der Waals surface area contributed by atoms with E-state index >= 15 is 0 Å². The minimum absolute atomic E-state index is 0.0840. The van der Waals surface area contributed by atoms with Gasteiger partial charge in [0.2, 0.25) is 5.91 Å². The number of ether oxygens (including phenoxy) is 1. The SMILES string of the molecule is CN=C(NCCc1cc(C)cc(C)c1)NCC(=O)NCCOC. The molecule has 128 valence electrons. The monoisotopic (exact) mass is 320 g/mol. The number of rotatable bonds is 8. The molecule has 0 saturated heterocycles. The molecule has 0 spiro atoms. The number of aliphatic imine (C=N–C) groups is 1. The number of hydrogen-bond acceptors (Lipinski definition) is 3. The van der Waals surface area contributed by atoms with Gasteiger partial charge >= 0.3 is 0 Å². The average Bonchev–Trinajstić information content (AvgIpc) is 2.50. The van der Waals surface area contributed by atoms with Crippen molar-refractivity contribution in [2.45, 2.75) is 20.3 Å². The van der Waals surface area contributed by atoms with Gasteiger partial charge in [-0.15, -0.1) is 0 Å². The maximum absolute atomic E-state index is 11.6. The van der Waals surface area contributed by atoms with Crippen LogP contribution in [0.3, 0.4) is 0 Å². The number of nitrogens with one attached hydrogen (secondary N) is 3. The summed E-state index contributed by atoms with van der Waals surface area (Å²) in [4.78, 5) is 15.7. The van der Waals surface area contributed by atoms with Gasteiger partial charge in [-0.2, -0.15) is 0 Å². The number of hydrogen-bond donors (Lipinski definition) is 3. The van der Waals surface area contributed by atoms with Gasteiger partial charge < -0.3 is 20.7 Å². The molecule has 6 heteroatoms. The van der Waals surface area contributed by atoms with Crippen molar-refractivity contribution in [2.24, 2.45) is 4.99 Å². The normalized spacial score (nSPS) is 11.2. The van der Waals surface area contributed by atoms with Crippen LogP contribution in [0.2, 0.25) is 0 Å². The molecule has 0 fully saturated rings. The molecule has 1 amide bonds. The highest BCUT2D eigenvalue weighted by Crippen LogP contribution is 2.08. The van der Waals surface area contributed by atoms with E-state index in [0.29, 0.717) is 19.1 Å². The van der Waals surface area contributed by atoms with Crippen molar-refractivity contribution < 1.29 is 9.53 Å². The van der Waals surface area contributed by atoms with Crippen LogP contribution in [-0.2, 0) is 16.0 Å². The van der Waals surface area contributed by atoms with Crippen LogP contribution in [-0.4, -0.2) is 52.3 Å². The quantitative estimate of drug-likeness (QED) is 0.376. The number of amides is 1. The largest absolute Gasteiger partial charge is 0.383 e. The van der Waals surface area contributed by atoms with E-state index < -0.39 is 0 Å². The predicted molar refractivity (Wildman–Crippen MR) is 93.9 cm³/mol. The molecule has 0 atom stereocenters. The van der Waals surface area contributed by atoms with Gasteiger partial charge in [0.05, 0.1) is 13.2 Å². The Kier molecular flexibility index (Phi) is 8.75. The van der Waals surface area contributed by atoms with Crippen molar-refractivity contribution in [3.8, 4) is 0 Å². The fourth-order valence-electron chi connectivity index (χ4n) is 2.28. The zero-order valence-corrected chi connectivity index (χ0v) is 14.5. The summed E-state index contributed by atoms with van der Waals surface area (Å²) in [7, 11) is 3.29. The molecule has 0 aliphatic rings. The van der Waals surface area contributed by atoms with Gasteiger partial charge in [-0.1, -0.05) is 29.3 Å². The second-order valence-corrected chi connectivity index (χ2v) is 5.44. The summed E-state index contributed by atoms with van der Waals surface area (Å²) in [5, 5.41) is 8.95. The van der Waals surface area contributed by atoms with E-state index in [9.17, 15) is 4.79 Å². The molecule has 1 rings (SSSR count). The molecule has 23 heavy (non-hydrogen) atoms. The van der Waals surface area contributed by atoms with Crippen LogP contribution in [0.15, 0.2) is 23.2 Å². The Morgan fingerprint density at radius 1 is 1.09 bits per heavy atom. The molecule has 0 unspecified atom stereocenters. The van der Waals surface area contributed by atoms with E-state index in [1.807, 2.05) is 0 Å². The fourth-order valence-corrected chi connectivity index (χ4v) is 2.28. The number of nitrogens with zero attached hydrogens (tertiary/aromatic N) is 1. The van der Waals surface area contributed by atoms with Crippen molar-refractivity contribution in [3.63, 3.8) is 0 Å². The van der Waals surface area contributed by atoms with E-state index in [1.165, 1.54) is 16.7 Å². The van der Waals surface area contributed by atoms with E-state index in [0.717, 1.165) is 13.0 Å². The minimum Gasteiger partial charge on any atom is -0.383 e. The molecule has 1 aromatic carbocycles. The van der Waals surface area contributed by atoms with Crippen LogP contribution in [0.25, 0.3) is 0 Å². The molecule has 0 aromatic heterocycles. The fraction of sp³-hybridized carbons (Fsp3) is 0.529. The molecular formula is C17H28N4O2. The zero-order valence-electron chi connectivity index (χ0n) is 14.5. The van der Waals surface area contributed by atoms with Gasteiger partial charge in [0.25, 0.3) is 0 Å². The Morgan fingerprint density at radius 3 is 2.39 bits per heavy atom. The Balaban J connectivity index is 2.30. The van der Waals surface area contributed by atoms with Gasteiger partial charge in [0, 0.05) is 27.2 Å². The van der Waals surface area contributed by atoms with Crippen LogP contribution < -0.4 is 16.0 Å². The minimum atomic E-state index is -0.0840. The van der Waals surface area contributed by atoms with E-state index in [4.69, 9.17) is 4.74 Å². The Hall–Kier alpha value is -2.08. The third-order valence-corrected chi connectivity index (χ3v) is 3.26. The summed E-state index contributed by atoms with van der Waals surface area (Å²) in [6.07, 6.45) is 0.906. The van der Waals surface area contributed by atoms with Gasteiger partial charge in [-0.05, 0) is 25.8 Å². The van der Waals surface area contributed by atoms with Gasteiger partial charge in [0.1, 0.15) is 0 Å². The number of methoxy groups -OCH3 is 1. The summed E-state index contributed by atoms with van der Waals surface area (Å²) >= 11 is 0. The average molecular weight is 320 g/mol. The molecule has 0 saturated carbocycles. The van der Waals surface area contributed by atoms with Crippen molar-refractivity contribution in [2.75, 3.05) is 40.4 Å². The molecule has 6 nitrogen and oxygen atoms in total. The molecule has 0 heterocycles. The van der Waals surface area contributed by atoms with Gasteiger partial charge in [0.15, 0.2) is 5.96 Å². The summed E-state index contributed by atoms with van der Waals surface area (Å²) in [5.41, 5.74) is 3.84. The van der Waals surface area contributed by atoms with Crippen molar-refractivity contribution >= 4 is 11.9 Å². The Morgan fingerprint density at radius 2 is 1.78 bits per heavy atom. The second-order valence-electron chi connectivity index (χ2n) is 5.44. The molecule has 3 N–H and O–H groups in total. The maximum atomic E-state index is 11.6. The third kappa shape index (κ3) is 8.21. The first kappa shape index (κ1) is 19.0. The first-order valence-electron chi connectivity index (χ1n) is 7.82. The van der Waals surface area contributed by atoms with Crippen LogP contribution in [0.1, 0.15) is 16.7 Å². The summed E-state index contributed by atoms with van der Waals surface area (Å²) in [6, 6.07) is 6.54. The molecular weight excluding hydrogens is 292 g/mol. The Bertz CT molecular complexity index is 509. The summed E-state index contributed by atoms with van der Waals surface area (Å²) < 4.78 is 4.88. The van der Waals surface area contributed by atoms with Crippen molar-refractivity contribution in [1.82, 2.24) is 16.0 Å². The van der Waals surface area contributed by atoms with Gasteiger partial charge in [-0.25, -0.2) is 0 Å². The van der Waals surface area contributed by atoms with E-state index in [1.54, 1.807) is 14.2 Å². The summed E-state index contributed by atoms with van der Waals surface area (Å²) in [5.74, 6) is 0.538. The smallest absolute Gasteiger partial charge is 0.239 e. The zero-order chi connectivity index (χ0) is 17.1. The highest BCUT2D eigenvalue weighted by molar-refractivity contribution is 5.86. The predicted octanol–water partition coefficient (Wildman–Crippen LogP) is 0.774. The number of carbonyl (C=O) groups is 1. The maximum Gasteiger partial charge on any atom is 0.239 e. The molecule has 0 radical (unpaired) electrons. The Labute approximate surface area is 138 Å².